The lowest BCUT2D eigenvalue weighted by Crippen LogP contribution is -2.38. The van der Waals surface area contributed by atoms with Gasteiger partial charge in [-0.1, -0.05) is 29.8 Å². The van der Waals surface area contributed by atoms with E-state index in [1.54, 1.807) is 13.1 Å². The van der Waals surface area contributed by atoms with Crippen molar-refractivity contribution in [2.45, 2.75) is 13.0 Å². The zero-order valence-electron chi connectivity index (χ0n) is 16.5. The molecule has 0 unspecified atom stereocenters. The number of anilines is 1. The summed E-state index contributed by atoms with van der Waals surface area (Å²) in [5, 5.41) is 7.23. The molecule has 0 atom stereocenters. The van der Waals surface area contributed by atoms with Gasteiger partial charge in [-0.05, 0) is 41.8 Å². The second-order valence-corrected chi connectivity index (χ2v) is 7.05. The molecular weight excluding hydrogens is 506 g/mol. The van der Waals surface area contributed by atoms with Gasteiger partial charge in [0.05, 0.1) is 18.9 Å². The number of halogens is 3. The maximum absolute atomic E-state index is 14.5. The number of guanidine groups is 1. The van der Waals surface area contributed by atoms with Gasteiger partial charge in [0.1, 0.15) is 5.82 Å². The molecule has 1 saturated heterocycles. The summed E-state index contributed by atoms with van der Waals surface area (Å²) in [6, 6.07) is 13.2. The second kappa shape index (κ2) is 12.2. The Labute approximate surface area is 193 Å². The number of nitrogens with one attached hydrogen (secondary N) is 2. The van der Waals surface area contributed by atoms with E-state index < -0.39 is 0 Å². The fraction of sp³-hybridized carbons (Fsp3) is 0.381. The smallest absolute Gasteiger partial charge is 0.191 e. The molecule has 1 heterocycles. The van der Waals surface area contributed by atoms with Crippen molar-refractivity contribution in [2.24, 2.45) is 4.99 Å². The van der Waals surface area contributed by atoms with Crippen LogP contribution in [0.3, 0.4) is 0 Å². The SMILES string of the molecule is CN=C(NCCc1ccc(Cl)cc1)NCc1ccc(N2CCOCC2)c(F)c1.I. The highest BCUT2D eigenvalue weighted by atomic mass is 127. The molecule has 8 heteroatoms. The average molecular weight is 533 g/mol. The average Bonchev–Trinajstić information content (AvgIpc) is 2.72. The van der Waals surface area contributed by atoms with E-state index in [2.05, 4.69) is 15.6 Å². The fourth-order valence-electron chi connectivity index (χ4n) is 3.10. The van der Waals surface area contributed by atoms with Crippen molar-refractivity contribution in [3.8, 4) is 0 Å². The Hall–Kier alpha value is -1.58. The van der Waals surface area contributed by atoms with Gasteiger partial charge in [-0.2, -0.15) is 0 Å². The van der Waals surface area contributed by atoms with Crippen molar-refractivity contribution in [2.75, 3.05) is 44.8 Å². The Morgan fingerprint density at radius 3 is 2.45 bits per heavy atom. The standard InChI is InChI=1S/C21H26ClFN4O.HI/c1-24-21(25-9-8-16-2-5-18(22)6-3-16)26-15-17-4-7-20(19(23)14-17)27-10-12-28-13-11-27;/h2-7,14H,8-13,15H2,1H3,(H2,24,25,26);1H. The van der Waals surface area contributed by atoms with Crippen LogP contribution in [0.1, 0.15) is 11.1 Å². The molecule has 5 nitrogen and oxygen atoms in total. The van der Waals surface area contributed by atoms with Gasteiger partial charge in [0.25, 0.3) is 0 Å². The zero-order valence-corrected chi connectivity index (χ0v) is 19.5. The number of hydrogen-bond acceptors (Lipinski definition) is 3. The lowest BCUT2D eigenvalue weighted by molar-refractivity contribution is 0.122. The van der Waals surface area contributed by atoms with Crippen LogP contribution in [0.25, 0.3) is 0 Å². The van der Waals surface area contributed by atoms with Crippen molar-refractivity contribution in [1.29, 1.82) is 0 Å². The van der Waals surface area contributed by atoms with Crippen molar-refractivity contribution in [3.63, 3.8) is 0 Å². The topological polar surface area (TPSA) is 48.9 Å². The highest BCUT2D eigenvalue weighted by Gasteiger charge is 2.15. The lowest BCUT2D eigenvalue weighted by atomic mass is 10.1. The number of benzene rings is 2. The molecule has 2 aromatic carbocycles. The fourth-order valence-corrected chi connectivity index (χ4v) is 3.23. The van der Waals surface area contributed by atoms with Crippen LogP contribution >= 0.6 is 35.6 Å². The number of ether oxygens (including phenoxy) is 1. The molecule has 0 amide bonds. The minimum absolute atomic E-state index is 0. The quantitative estimate of drug-likeness (QED) is 0.337. The lowest BCUT2D eigenvalue weighted by Gasteiger charge is -2.29. The van der Waals surface area contributed by atoms with Crippen LogP contribution in [0.5, 0.6) is 0 Å². The van der Waals surface area contributed by atoms with Crippen molar-refractivity contribution < 1.29 is 9.13 Å². The van der Waals surface area contributed by atoms with Gasteiger partial charge < -0.3 is 20.3 Å². The van der Waals surface area contributed by atoms with Crippen LogP contribution in [0.15, 0.2) is 47.5 Å². The highest BCUT2D eigenvalue weighted by Crippen LogP contribution is 2.21. The van der Waals surface area contributed by atoms with Gasteiger partial charge in [0.15, 0.2) is 5.96 Å². The first-order chi connectivity index (χ1) is 13.7. The van der Waals surface area contributed by atoms with Crippen LogP contribution < -0.4 is 15.5 Å². The van der Waals surface area contributed by atoms with Crippen LogP contribution in [0, 0.1) is 5.82 Å². The Morgan fingerprint density at radius 2 is 1.79 bits per heavy atom. The maximum Gasteiger partial charge on any atom is 0.191 e. The third-order valence-corrected chi connectivity index (χ3v) is 4.92. The summed E-state index contributed by atoms with van der Waals surface area (Å²) in [4.78, 5) is 6.24. The number of hydrogen-bond donors (Lipinski definition) is 2. The summed E-state index contributed by atoms with van der Waals surface area (Å²) in [5.74, 6) is 0.485. The number of morpholine rings is 1. The van der Waals surface area contributed by atoms with Crippen molar-refractivity contribution in [3.05, 3.63) is 64.4 Å². The Morgan fingerprint density at radius 1 is 1.10 bits per heavy atom. The molecular formula is C21H27ClFIN4O. The van der Waals surface area contributed by atoms with E-state index in [0.29, 0.717) is 31.4 Å². The van der Waals surface area contributed by atoms with Crippen LogP contribution in [-0.2, 0) is 17.7 Å². The van der Waals surface area contributed by atoms with Crippen LogP contribution in [0.4, 0.5) is 10.1 Å². The minimum Gasteiger partial charge on any atom is -0.378 e. The summed E-state index contributed by atoms with van der Waals surface area (Å²) in [6.45, 7) is 3.96. The molecule has 1 aliphatic heterocycles. The molecule has 1 aliphatic rings. The number of rotatable bonds is 6. The van der Waals surface area contributed by atoms with Crippen LogP contribution in [0.2, 0.25) is 5.02 Å². The van der Waals surface area contributed by atoms with Gasteiger partial charge in [-0.3, -0.25) is 4.99 Å². The van der Waals surface area contributed by atoms with Gasteiger partial charge in [0.2, 0.25) is 0 Å². The van der Waals surface area contributed by atoms with Gasteiger partial charge in [-0.25, -0.2) is 4.39 Å². The summed E-state index contributed by atoms with van der Waals surface area (Å²) in [5.41, 5.74) is 2.71. The molecule has 0 aromatic heterocycles. The molecule has 1 fully saturated rings. The number of nitrogens with zero attached hydrogens (tertiary/aromatic N) is 2. The normalized spacial score (nSPS) is 14.3. The molecule has 0 spiro atoms. The van der Waals surface area contributed by atoms with Crippen molar-refractivity contribution >= 4 is 47.2 Å². The maximum atomic E-state index is 14.5. The monoisotopic (exact) mass is 532 g/mol. The molecule has 2 N–H and O–H groups in total. The van der Waals surface area contributed by atoms with Crippen molar-refractivity contribution in [1.82, 2.24) is 10.6 Å². The third kappa shape index (κ3) is 7.31. The van der Waals surface area contributed by atoms with E-state index in [0.717, 1.165) is 36.6 Å². The molecule has 0 saturated carbocycles. The number of aliphatic imine (C=N–C) groups is 1. The second-order valence-electron chi connectivity index (χ2n) is 6.61. The predicted octanol–water partition coefficient (Wildman–Crippen LogP) is 3.84. The molecule has 158 valence electrons. The van der Waals surface area contributed by atoms with E-state index >= 15 is 0 Å². The Kier molecular flexibility index (Phi) is 9.96. The first kappa shape index (κ1) is 23.7. The van der Waals surface area contributed by atoms with Gasteiger partial charge >= 0.3 is 0 Å². The van der Waals surface area contributed by atoms with E-state index in [1.165, 1.54) is 5.56 Å². The van der Waals surface area contributed by atoms with E-state index in [1.807, 2.05) is 41.3 Å². The first-order valence-electron chi connectivity index (χ1n) is 9.46. The molecule has 0 bridgehead atoms. The largest absolute Gasteiger partial charge is 0.378 e. The van der Waals surface area contributed by atoms with E-state index in [-0.39, 0.29) is 29.8 Å². The molecule has 2 aromatic rings. The van der Waals surface area contributed by atoms with E-state index in [9.17, 15) is 4.39 Å². The molecule has 3 rings (SSSR count). The molecule has 0 radical (unpaired) electrons. The zero-order chi connectivity index (χ0) is 19.8. The summed E-state index contributed by atoms with van der Waals surface area (Å²) < 4.78 is 19.8. The highest BCUT2D eigenvalue weighted by molar-refractivity contribution is 14.0. The first-order valence-corrected chi connectivity index (χ1v) is 9.83. The Bertz CT molecular complexity index is 798. The summed E-state index contributed by atoms with van der Waals surface area (Å²) in [6.07, 6.45) is 0.862. The van der Waals surface area contributed by atoms with Crippen LogP contribution in [-0.4, -0.2) is 45.9 Å². The third-order valence-electron chi connectivity index (χ3n) is 4.67. The minimum atomic E-state index is -0.202. The summed E-state index contributed by atoms with van der Waals surface area (Å²) >= 11 is 5.90. The predicted molar refractivity (Wildman–Crippen MR) is 128 cm³/mol. The van der Waals surface area contributed by atoms with Gasteiger partial charge in [0, 0.05) is 38.2 Å². The molecule has 0 aliphatic carbocycles. The van der Waals surface area contributed by atoms with E-state index in [4.69, 9.17) is 16.3 Å². The molecule has 29 heavy (non-hydrogen) atoms. The van der Waals surface area contributed by atoms with Gasteiger partial charge in [-0.15, -0.1) is 24.0 Å². The summed E-state index contributed by atoms with van der Waals surface area (Å²) in [7, 11) is 1.72. The Balaban J connectivity index is 0.00000300.